The largest absolute Gasteiger partial charge is 0.361 e. The standard InChI is InChI=1S/C21H29N3O/c1-23-13-3-2-4-18(23)8-10-21(25)24(19-6-7-19)15-16-5-9-20-17(14-16)11-12-22-20/h5,9,11-12,14,18-19,22H,2-4,6-8,10,13,15H2,1H3. The number of H-pyrrole nitrogens is 1. The summed E-state index contributed by atoms with van der Waals surface area (Å²) < 4.78 is 0. The van der Waals surface area contributed by atoms with Crippen LogP contribution in [-0.4, -0.2) is 46.4 Å². The molecule has 1 aromatic carbocycles. The molecule has 0 bridgehead atoms. The normalized spacial score (nSPS) is 21.6. The van der Waals surface area contributed by atoms with E-state index in [0.29, 0.717) is 24.4 Å². The third kappa shape index (κ3) is 3.90. The molecule has 4 nitrogen and oxygen atoms in total. The molecule has 1 saturated carbocycles. The molecule has 0 spiro atoms. The number of nitrogens with one attached hydrogen (secondary N) is 1. The van der Waals surface area contributed by atoms with Crippen LogP contribution in [0.3, 0.4) is 0 Å². The number of hydrogen-bond donors (Lipinski definition) is 1. The molecule has 0 radical (unpaired) electrons. The number of benzene rings is 1. The number of piperidine rings is 1. The molecular weight excluding hydrogens is 310 g/mol. The minimum absolute atomic E-state index is 0.343. The van der Waals surface area contributed by atoms with Crippen LogP contribution in [0.15, 0.2) is 30.5 Å². The SMILES string of the molecule is CN1CCCCC1CCC(=O)N(Cc1ccc2[nH]ccc2c1)C1CC1. The molecule has 4 heteroatoms. The highest BCUT2D eigenvalue weighted by molar-refractivity contribution is 5.80. The topological polar surface area (TPSA) is 39.3 Å². The average molecular weight is 339 g/mol. The van der Waals surface area contributed by atoms with E-state index in [4.69, 9.17) is 0 Å². The number of nitrogens with zero attached hydrogens (tertiary/aromatic N) is 2. The van der Waals surface area contributed by atoms with E-state index in [1.165, 1.54) is 49.6 Å². The molecule has 1 aromatic heterocycles. The summed E-state index contributed by atoms with van der Waals surface area (Å²) in [5, 5.41) is 1.23. The van der Waals surface area contributed by atoms with E-state index in [1.807, 2.05) is 6.20 Å². The summed E-state index contributed by atoms with van der Waals surface area (Å²) in [5.41, 5.74) is 2.40. The van der Waals surface area contributed by atoms with Crippen LogP contribution in [-0.2, 0) is 11.3 Å². The number of aromatic amines is 1. The molecule has 1 N–H and O–H groups in total. The number of hydrogen-bond acceptors (Lipinski definition) is 2. The van der Waals surface area contributed by atoms with Crippen molar-refractivity contribution in [1.82, 2.24) is 14.8 Å². The summed E-state index contributed by atoms with van der Waals surface area (Å²) in [6.45, 7) is 1.94. The van der Waals surface area contributed by atoms with Gasteiger partial charge in [0.2, 0.25) is 5.91 Å². The Hall–Kier alpha value is -1.81. The van der Waals surface area contributed by atoms with Gasteiger partial charge in [0.15, 0.2) is 0 Å². The van der Waals surface area contributed by atoms with Crippen molar-refractivity contribution in [2.75, 3.05) is 13.6 Å². The van der Waals surface area contributed by atoms with Gasteiger partial charge in [-0.3, -0.25) is 4.79 Å². The number of rotatable bonds is 6. The van der Waals surface area contributed by atoms with E-state index in [0.717, 1.165) is 18.5 Å². The number of carbonyl (C=O) groups excluding carboxylic acids is 1. The number of carbonyl (C=O) groups is 1. The van der Waals surface area contributed by atoms with Crippen molar-refractivity contribution < 1.29 is 4.79 Å². The van der Waals surface area contributed by atoms with Crippen LogP contribution in [0.1, 0.15) is 50.5 Å². The molecule has 2 heterocycles. The fourth-order valence-electron chi connectivity index (χ4n) is 4.15. The lowest BCUT2D eigenvalue weighted by Crippen LogP contribution is -2.38. The van der Waals surface area contributed by atoms with Crippen LogP contribution in [0, 0.1) is 0 Å². The van der Waals surface area contributed by atoms with Gasteiger partial charge < -0.3 is 14.8 Å². The van der Waals surface area contributed by atoms with Crippen molar-refractivity contribution in [2.45, 2.75) is 63.6 Å². The number of fused-ring (bicyclic) bond motifs is 1. The van der Waals surface area contributed by atoms with Gasteiger partial charge >= 0.3 is 0 Å². The highest BCUT2D eigenvalue weighted by Crippen LogP contribution is 2.30. The molecule has 25 heavy (non-hydrogen) atoms. The van der Waals surface area contributed by atoms with Gasteiger partial charge in [-0.05, 0) is 74.8 Å². The highest BCUT2D eigenvalue weighted by Gasteiger charge is 2.32. The minimum Gasteiger partial charge on any atom is -0.361 e. The second kappa shape index (κ2) is 7.20. The molecule has 1 aliphatic carbocycles. The fourth-order valence-corrected chi connectivity index (χ4v) is 4.15. The van der Waals surface area contributed by atoms with Crippen LogP contribution in [0.2, 0.25) is 0 Å². The van der Waals surface area contributed by atoms with E-state index < -0.39 is 0 Å². The van der Waals surface area contributed by atoms with Crippen LogP contribution in [0.4, 0.5) is 0 Å². The molecule has 1 aliphatic heterocycles. The van der Waals surface area contributed by atoms with Gasteiger partial charge in [0.25, 0.3) is 0 Å². The van der Waals surface area contributed by atoms with Crippen molar-refractivity contribution in [1.29, 1.82) is 0 Å². The summed E-state index contributed by atoms with van der Waals surface area (Å²) in [4.78, 5) is 20.7. The van der Waals surface area contributed by atoms with Gasteiger partial charge in [-0.1, -0.05) is 12.5 Å². The predicted octanol–water partition coefficient (Wildman–Crippen LogP) is 3.92. The zero-order valence-corrected chi connectivity index (χ0v) is 15.2. The first kappa shape index (κ1) is 16.6. The van der Waals surface area contributed by atoms with E-state index in [1.54, 1.807) is 0 Å². The molecule has 1 atom stereocenters. The Bertz CT molecular complexity index is 734. The maximum atomic E-state index is 12.9. The average Bonchev–Trinajstić information content (AvgIpc) is 3.35. The van der Waals surface area contributed by atoms with E-state index in [9.17, 15) is 4.79 Å². The van der Waals surface area contributed by atoms with Crippen molar-refractivity contribution >= 4 is 16.8 Å². The molecule has 4 rings (SSSR count). The smallest absolute Gasteiger partial charge is 0.223 e. The number of aromatic nitrogens is 1. The Morgan fingerprint density at radius 1 is 1.24 bits per heavy atom. The molecule has 1 saturated heterocycles. The van der Waals surface area contributed by atoms with Crippen LogP contribution < -0.4 is 0 Å². The first-order valence-corrected chi connectivity index (χ1v) is 9.76. The Balaban J connectivity index is 1.39. The quantitative estimate of drug-likeness (QED) is 0.866. The van der Waals surface area contributed by atoms with Crippen molar-refractivity contribution in [3.05, 3.63) is 36.0 Å². The lowest BCUT2D eigenvalue weighted by atomic mass is 9.98. The van der Waals surface area contributed by atoms with Gasteiger partial charge in [-0.25, -0.2) is 0 Å². The van der Waals surface area contributed by atoms with E-state index in [2.05, 4.69) is 46.1 Å². The van der Waals surface area contributed by atoms with Crippen LogP contribution in [0.5, 0.6) is 0 Å². The molecular formula is C21H29N3O. The molecule has 2 aromatic rings. The Labute approximate surface area is 150 Å². The number of amides is 1. The summed E-state index contributed by atoms with van der Waals surface area (Å²) in [6, 6.07) is 9.64. The summed E-state index contributed by atoms with van der Waals surface area (Å²) >= 11 is 0. The second-order valence-corrected chi connectivity index (χ2v) is 7.82. The zero-order valence-electron chi connectivity index (χ0n) is 15.2. The van der Waals surface area contributed by atoms with Gasteiger partial charge in [-0.2, -0.15) is 0 Å². The summed E-state index contributed by atoms with van der Waals surface area (Å²) in [7, 11) is 2.21. The van der Waals surface area contributed by atoms with Gasteiger partial charge in [0.05, 0.1) is 0 Å². The monoisotopic (exact) mass is 339 g/mol. The molecule has 1 amide bonds. The predicted molar refractivity (Wildman–Crippen MR) is 101 cm³/mol. The minimum atomic E-state index is 0.343. The summed E-state index contributed by atoms with van der Waals surface area (Å²) in [5.74, 6) is 0.343. The first-order chi connectivity index (χ1) is 12.2. The van der Waals surface area contributed by atoms with E-state index in [-0.39, 0.29) is 0 Å². The number of likely N-dealkylation sites (tertiary alicyclic amines) is 1. The second-order valence-electron chi connectivity index (χ2n) is 7.82. The third-order valence-electron chi connectivity index (χ3n) is 5.89. The molecule has 134 valence electrons. The lowest BCUT2D eigenvalue weighted by molar-refractivity contribution is -0.132. The fraction of sp³-hybridized carbons (Fsp3) is 0.571. The van der Waals surface area contributed by atoms with Gasteiger partial charge in [-0.15, -0.1) is 0 Å². The summed E-state index contributed by atoms with van der Waals surface area (Å²) in [6.07, 6.45) is 9.87. The van der Waals surface area contributed by atoms with Gasteiger partial charge in [0, 0.05) is 36.8 Å². The maximum absolute atomic E-state index is 12.9. The van der Waals surface area contributed by atoms with Crippen molar-refractivity contribution in [3.63, 3.8) is 0 Å². The Morgan fingerprint density at radius 2 is 2.12 bits per heavy atom. The maximum Gasteiger partial charge on any atom is 0.223 e. The van der Waals surface area contributed by atoms with Crippen molar-refractivity contribution in [2.24, 2.45) is 0 Å². The zero-order chi connectivity index (χ0) is 17.2. The third-order valence-corrected chi connectivity index (χ3v) is 5.89. The first-order valence-electron chi connectivity index (χ1n) is 9.76. The highest BCUT2D eigenvalue weighted by atomic mass is 16.2. The van der Waals surface area contributed by atoms with Crippen molar-refractivity contribution in [3.8, 4) is 0 Å². The molecule has 1 unspecified atom stereocenters. The van der Waals surface area contributed by atoms with Crippen LogP contribution >= 0.6 is 0 Å². The lowest BCUT2D eigenvalue weighted by Gasteiger charge is -2.33. The van der Waals surface area contributed by atoms with Crippen LogP contribution in [0.25, 0.3) is 10.9 Å². The Morgan fingerprint density at radius 3 is 2.92 bits per heavy atom. The Kier molecular flexibility index (Phi) is 4.80. The molecule has 2 aliphatic rings. The van der Waals surface area contributed by atoms with Gasteiger partial charge in [0.1, 0.15) is 0 Å². The van der Waals surface area contributed by atoms with E-state index >= 15 is 0 Å². The molecule has 2 fully saturated rings.